The van der Waals surface area contributed by atoms with Gasteiger partial charge in [-0.25, -0.2) is 4.39 Å². The zero-order valence-electron chi connectivity index (χ0n) is 11.7. The van der Waals surface area contributed by atoms with Gasteiger partial charge < -0.3 is 10.4 Å². The third-order valence-electron chi connectivity index (χ3n) is 3.23. The van der Waals surface area contributed by atoms with Gasteiger partial charge in [0.05, 0.1) is 6.10 Å². The standard InChI is InChI=1S/C15H24FNO/c1-11(2)14(18)15(3,4)10-17-9-12-6-5-7-13(16)8-12/h5-8,11,14,17-18H,9-10H2,1-4H3. The minimum atomic E-state index is -0.350. The van der Waals surface area contributed by atoms with Crippen molar-refractivity contribution in [2.24, 2.45) is 11.3 Å². The van der Waals surface area contributed by atoms with E-state index in [-0.39, 0.29) is 23.3 Å². The SMILES string of the molecule is CC(C)C(O)C(C)(C)CNCc1cccc(F)c1. The molecule has 0 aliphatic carbocycles. The lowest BCUT2D eigenvalue weighted by Gasteiger charge is -2.33. The fourth-order valence-corrected chi connectivity index (χ4v) is 2.18. The summed E-state index contributed by atoms with van der Waals surface area (Å²) in [6, 6.07) is 6.57. The maximum Gasteiger partial charge on any atom is 0.123 e. The first kappa shape index (κ1) is 15.1. The molecule has 0 saturated heterocycles. The molecular weight excluding hydrogens is 229 g/mol. The van der Waals surface area contributed by atoms with Crippen LogP contribution in [0.1, 0.15) is 33.3 Å². The minimum Gasteiger partial charge on any atom is -0.392 e. The molecule has 1 unspecified atom stereocenters. The first-order valence-electron chi connectivity index (χ1n) is 6.46. The van der Waals surface area contributed by atoms with E-state index in [0.29, 0.717) is 13.1 Å². The summed E-state index contributed by atoms with van der Waals surface area (Å²) in [6.45, 7) is 9.42. The monoisotopic (exact) mass is 253 g/mol. The molecule has 1 rings (SSSR count). The van der Waals surface area contributed by atoms with Gasteiger partial charge in [-0.1, -0.05) is 39.8 Å². The summed E-state index contributed by atoms with van der Waals surface area (Å²) in [5.74, 6) is 0.0201. The lowest BCUT2D eigenvalue weighted by atomic mass is 9.80. The number of rotatable bonds is 6. The zero-order valence-corrected chi connectivity index (χ0v) is 11.7. The van der Waals surface area contributed by atoms with Crippen LogP contribution in [-0.2, 0) is 6.54 Å². The van der Waals surface area contributed by atoms with Crippen LogP contribution >= 0.6 is 0 Å². The molecule has 1 aromatic rings. The average molecular weight is 253 g/mol. The van der Waals surface area contributed by atoms with Gasteiger partial charge in [0.15, 0.2) is 0 Å². The van der Waals surface area contributed by atoms with Crippen LogP contribution in [-0.4, -0.2) is 17.8 Å². The maximum absolute atomic E-state index is 13.0. The number of halogens is 1. The Labute approximate surface area is 109 Å². The van der Waals surface area contributed by atoms with Crippen molar-refractivity contribution in [3.63, 3.8) is 0 Å². The molecule has 0 bridgehead atoms. The van der Waals surface area contributed by atoms with Crippen LogP contribution in [0.4, 0.5) is 4.39 Å². The Bertz CT molecular complexity index is 377. The van der Waals surface area contributed by atoms with Gasteiger partial charge in [-0.15, -0.1) is 0 Å². The molecule has 0 radical (unpaired) electrons. The van der Waals surface area contributed by atoms with Crippen molar-refractivity contribution in [2.45, 2.75) is 40.3 Å². The third kappa shape index (κ3) is 4.39. The predicted molar refractivity (Wildman–Crippen MR) is 72.7 cm³/mol. The highest BCUT2D eigenvalue weighted by Gasteiger charge is 2.29. The lowest BCUT2D eigenvalue weighted by molar-refractivity contribution is 0.0134. The van der Waals surface area contributed by atoms with Gasteiger partial charge in [-0.3, -0.25) is 0 Å². The van der Waals surface area contributed by atoms with Crippen molar-refractivity contribution in [2.75, 3.05) is 6.54 Å². The number of aliphatic hydroxyl groups excluding tert-OH is 1. The highest BCUT2D eigenvalue weighted by Crippen LogP contribution is 2.25. The van der Waals surface area contributed by atoms with Gasteiger partial charge in [0, 0.05) is 18.5 Å². The average Bonchev–Trinajstić information content (AvgIpc) is 2.27. The Balaban J connectivity index is 2.46. The van der Waals surface area contributed by atoms with E-state index in [2.05, 4.69) is 5.32 Å². The van der Waals surface area contributed by atoms with Crippen molar-refractivity contribution in [1.29, 1.82) is 0 Å². The van der Waals surface area contributed by atoms with Crippen LogP contribution in [0, 0.1) is 17.2 Å². The van der Waals surface area contributed by atoms with E-state index in [1.165, 1.54) is 12.1 Å². The molecule has 0 spiro atoms. The van der Waals surface area contributed by atoms with Gasteiger partial charge in [0.2, 0.25) is 0 Å². The van der Waals surface area contributed by atoms with Gasteiger partial charge in [0.25, 0.3) is 0 Å². The smallest absolute Gasteiger partial charge is 0.123 e. The van der Waals surface area contributed by atoms with E-state index in [0.717, 1.165) is 5.56 Å². The van der Waals surface area contributed by atoms with E-state index in [9.17, 15) is 9.50 Å². The van der Waals surface area contributed by atoms with Crippen LogP contribution in [0.25, 0.3) is 0 Å². The quantitative estimate of drug-likeness (QED) is 0.817. The summed E-state index contributed by atoms with van der Waals surface area (Å²) in [4.78, 5) is 0. The van der Waals surface area contributed by atoms with E-state index in [1.54, 1.807) is 6.07 Å². The molecule has 0 aromatic heterocycles. The Morgan fingerprint density at radius 1 is 1.33 bits per heavy atom. The molecule has 2 nitrogen and oxygen atoms in total. The summed E-state index contributed by atoms with van der Waals surface area (Å²) >= 11 is 0. The minimum absolute atomic E-state index is 0.193. The highest BCUT2D eigenvalue weighted by atomic mass is 19.1. The molecule has 0 amide bonds. The van der Waals surface area contributed by atoms with Crippen LogP contribution in [0.15, 0.2) is 24.3 Å². The van der Waals surface area contributed by atoms with E-state index in [4.69, 9.17) is 0 Å². The predicted octanol–water partition coefficient (Wildman–Crippen LogP) is 2.96. The van der Waals surface area contributed by atoms with Gasteiger partial charge in [-0.2, -0.15) is 0 Å². The number of hydrogen-bond acceptors (Lipinski definition) is 2. The van der Waals surface area contributed by atoms with Crippen LogP contribution in [0.5, 0.6) is 0 Å². The molecule has 1 aromatic carbocycles. The Hall–Kier alpha value is -0.930. The summed E-state index contributed by atoms with van der Waals surface area (Å²) in [7, 11) is 0. The number of benzene rings is 1. The molecule has 18 heavy (non-hydrogen) atoms. The topological polar surface area (TPSA) is 32.3 Å². The summed E-state index contributed by atoms with van der Waals surface area (Å²) in [6.07, 6.45) is -0.350. The molecule has 3 heteroatoms. The fourth-order valence-electron chi connectivity index (χ4n) is 2.18. The van der Waals surface area contributed by atoms with E-state index < -0.39 is 0 Å². The largest absolute Gasteiger partial charge is 0.392 e. The Morgan fingerprint density at radius 3 is 2.56 bits per heavy atom. The normalized spacial score (nSPS) is 13.9. The molecule has 0 aliphatic heterocycles. The molecule has 0 saturated carbocycles. The molecule has 0 fully saturated rings. The molecular formula is C15H24FNO. The zero-order chi connectivity index (χ0) is 13.8. The first-order valence-corrected chi connectivity index (χ1v) is 6.46. The second-order valence-corrected chi connectivity index (χ2v) is 5.91. The third-order valence-corrected chi connectivity index (χ3v) is 3.23. The highest BCUT2D eigenvalue weighted by molar-refractivity contribution is 5.15. The second kappa shape index (κ2) is 6.30. The van der Waals surface area contributed by atoms with Crippen molar-refractivity contribution >= 4 is 0 Å². The van der Waals surface area contributed by atoms with Crippen LogP contribution in [0.2, 0.25) is 0 Å². The summed E-state index contributed by atoms with van der Waals surface area (Å²) in [5.41, 5.74) is 0.728. The maximum atomic E-state index is 13.0. The van der Waals surface area contributed by atoms with Crippen molar-refractivity contribution < 1.29 is 9.50 Å². The first-order chi connectivity index (χ1) is 8.33. The van der Waals surface area contributed by atoms with Crippen molar-refractivity contribution in [1.82, 2.24) is 5.32 Å². The van der Waals surface area contributed by atoms with Gasteiger partial charge >= 0.3 is 0 Å². The van der Waals surface area contributed by atoms with E-state index in [1.807, 2.05) is 33.8 Å². The fraction of sp³-hybridized carbons (Fsp3) is 0.600. The molecule has 102 valence electrons. The second-order valence-electron chi connectivity index (χ2n) is 5.91. The van der Waals surface area contributed by atoms with Crippen molar-refractivity contribution in [3.05, 3.63) is 35.6 Å². The van der Waals surface area contributed by atoms with Gasteiger partial charge in [0.1, 0.15) is 5.82 Å². The molecule has 2 N–H and O–H groups in total. The molecule has 0 heterocycles. The number of aliphatic hydroxyl groups is 1. The Kier molecular flexibility index (Phi) is 5.29. The Morgan fingerprint density at radius 2 is 2.00 bits per heavy atom. The molecule has 0 aliphatic rings. The van der Waals surface area contributed by atoms with Crippen LogP contribution in [0.3, 0.4) is 0 Å². The van der Waals surface area contributed by atoms with E-state index >= 15 is 0 Å². The van der Waals surface area contributed by atoms with Crippen molar-refractivity contribution in [3.8, 4) is 0 Å². The summed E-state index contributed by atoms with van der Waals surface area (Å²) in [5, 5.41) is 13.4. The van der Waals surface area contributed by atoms with Crippen LogP contribution < -0.4 is 5.32 Å². The summed E-state index contributed by atoms with van der Waals surface area (Å²) < 4.78 is 13.0. The lowest BCUT2D eigenvalue weighted by Crippen LogP contribution is -2.41. The van der Waals surface area contributed by atoms with Gasteiger partial charge in [-0.05, 0) is 23.6 Å². The number of hydrogen-bond donors (Lipinski definition) is 2. The molecule has 1 atom stereocenters. The number of nitrogens with one attached hydrogen (secondary N) is 1.